The van der Waals surface area contributed by atoms with Crippen LogP contribution in [0.25, 0.3) is 11.0 Å². The number of imide groups is 1. The van der Waals surface area contributed by atoms with Gasteiger partial charge < -0.3 is 29.8 Å². The largest absolute Gasteiger partial charge is 0.497 e. The second-order valence-corrected chi connectivity index (χ2v) is 8.74. The maximum Gasteiger partial charge on any atom is 0.323 e. The van der Waals surface area contributed by atoms with Crippen LogP contribution in [0.3, 0.4) is 0 Å². The van der Waals surface area contributed by atoms with Gasteiger partial charge in [0.1, 0.15) is 23.8 Å². The van der Waals surface area contributed by atoms with E-state index in [2.05, 4.69) is 16.0 Å². The zero-order chi connectivity index (χ0) is 26.3. The van der Waals surface area contributed by atoms with Crippen molar-refractivity contribution in [1.82, 2.24) is 20.9 Å². The van der Waals surface area contributed by atoms with E-state index in [0.717, 1.165) is 10.5 Å². The van der Waals surface area contributed by atoms with Crippen molar-refractivity contribution in [3.05, 3.63) is 59.4 Å². The third kappa shape index (κ3) is 4.00. The Hall–Kier alpha value is -4.58. The van der Waals surface area contributed by atoms with Gasteiger partial charge in [0, 0.05) is 29.7 Å². The number of benzene rings is 2. The van der Waals surface area contributed by atoms with Crippen molar-refractivity contribution in [2.75, 3.05) is 31.8 Å². The fourth-order valence-electron chi connectivity index (χ4n) is 4.65. The smallest absolute Gasteiger partial charge is 0.323 e. The summed E-state index contributed by atoms with van der Waals surface area (Å²) < 4.78 is 11.2. The number of anilines is 1. The molecule has 192 valence electrons. The number of nitrogens with one attached hydrogen (secondary N) is 3. The van der Waals surface area contributed by atoms with Crippen LogP contribution in [-0.2, 0) is 16.9 Å². The summed E-state index contributed by atoms with van der Waals surface area (Å²) >= 11 is 0. The van der Waals surface area contributed by atoms with Crippen molar-refractivity contribution >= 4 is 40.5 Å². The van der Waals surface area contributed by atoms with Crippen LogP contribution in [0.15, 0.2) is 46.9 Å². The molecule has 0 aliphatic carbocycles. The molecule has 2 aliphatic rings. The Bertz CT molecular complexity index is 1430. The zero-order valence-electron chi connectivity index (χ0n) is 20.2. The summed E-state index contributed by atoms with van der Waals surface area (Å²) in [5.41, 5.74) is 0.356. The van der Waals surface area contributed by atoms with Gasteiger partial charge in [-0.1, -0.05) is 6.07 Å². The van der Waals surface area contributed by atoms with E-state index in [-0.39, 0.29) is 24.8 Å². The second kappa shape index (κ2) is 9.13. The number of aliphatic hydroxyl groups is 1. The average molecular weight is 508 g/mol. The summed E-state index contributed by atoms with van der Waals surface area (Å²) in [7, 11) is 1.51. The van der Waals surface area contributed by atoms with Gasteiger partial charge in [0.05, 0.1) is 13.7 Å². The number of hydrogen-bond donors (Lipinski definition) is 4. The van der Waals surface area contributed by atoms with E-state index in [0.29, 0.717) is 34.5 Å². The predicted octanol–water partition coefficient (Wildman–Crippen LogP) is 1.62. The van der Waals surface area contributed by atoms with Gasteiger partial charge in [-0.3, -0.25) is 19.8 Å². The Morgan fingerprint density at radius 2 is 2.03 bits per heavy atom. The highest BCUT2D eigenvalue weighted by Gasteiger charge is 2.53. The molecule has 5 rings (SSSR count). The molecule has 12 nitrogen and oxygen atoms in total. The van der Waals surface area contributed by atoms with Crippen LogP contribution >= 0.6 is 0 Å². The van der Waals surface area contributed by atoms with Crippen LogP contribution in [0.1, 0.15) is 28.6 Å². The summed E-state index contributed by atoms with van der Waals surface area (Å²) in [5.74, 6) is -0.301. The van der Waals surface area contributed by atoms with Gasteiger partial charge in [-0.25, -0.2) is 9.59 Å². The van der Waals surface area contributed by atoms with Gasteiger partial charge >= 0.3 is 12.1 Å². The van der Waals surface area contributed by atoms with Gasteiger partial charge in [-0.15, -0.1) is 0 Å². The van der Waals surface area contributed by atoms with E-state index in [1.165, 1.54) is 12.0 Å². The number of methoxy groups -OCH3 is 1. The SMILES string of the molecule is CCNC(=O)N(CO)c1ccc2oc([C@]3(CN4Cc5ccc(OC)cc5C4=O)NC(=O)NC3=O)cc2c1. The summed E-state index contributed by atoms with van der Waals surface area (Å²) in [6.45, 7) is 1.67. The van der Waals surface area contributed by atoms with E-state index in [1.807, 2.05) is 0 Å². The fraction of sp³-hybridized carbons (Fsp3) is 0.280. The topological polar surface area (TPSA) is 153 Å². The maximum atomic E-state index is 13.2. The normalized spacial score (nSPS) is 18.6. The van der Waals surface area contributed by atoms with Crippen molar-refractivity contribution in [2.24, 2.45) is 0 Å². The van der Waals surface area contributed by atoms with Crippen LogP contribution in [0.4, 0.5) is 15.3 Å². The lowest BCUT2D eigenvalue weighted by Crippen LogP contribution is -2.52. The Balaban J connectivity index is 1.50. The number of ether oxygens (including phenoxy) is 1. The van der Waals surface area contributed by atoms with E-state index >= 15 is 0 Å². The standard InChI is InChI=1S/C25H25N5O7/c1-3-26-24(35)30(13-31)16-5-7-19-15(8-16)9-20(37-19)25(22(33)27-23(34)28-25)12-29-11-14-4-6-17(36-2)10-18(14)21(29)32/h4-10,31H,3,11-13H2,1-2H3,(H,26,35)(H2,27,28,33,34)/t25-/m0/s1. The number of aliphatic hydroxyl groups excluding tert-OH is 1. The van der Waals surface area contributed by atoms with Crippen molar-refractivity contribution in [3.8, 4) is 5.75 Å². The Morgan fingerprint density at radius 1 is 1.22 bits per heavy atom. The molecule has 1 atom stereocenters. The summed E-state index contributed by atoms with van der Waals surface area (Å²) in [5, 5.41) is 17.8. The molecule has 37 heavy (non-hydrogen) atoms. The Labute approximate surface area is 211 Å². The molecule has 0 bridgehead atoms. The summed E-state index contributed by atoms with van der Waals surface area (Å²) in [6.07, 6.45) is 0. The molecule has 6 amide bonds. The van der Waals surface area contributed by atoms with Crippen LogP contribution in [0.2, 0.25) is 0 Å². The van der Waals surface area contributed by atoms with E-state index in [1.54, 1.807) is 49.4 Å². The van der Waals surface area contributed by atoms with Gasteiger partial charge in [-0.05, 0) is 48.9 Å². The number of amides is 6. The van der Waals surface area contributed by atoms with E-state index in [9.17, 15) is 24.3 Å². The Kier molecular flexibility index (Phi) is 5.96. The minimum Gasteiger partial charge on any atom is -0.497 e. The molecule has 2 aromatic carbocycles. The fourth-order valence-corrected chi connectivity index (χ4v) is 4.65. The lowest BCUT2D eigenvalue weighted by Gasteiger charge is -2.29. The highest BCUT2D eigenvalue weighted by atomic mass is 16.5. The van der Waals surface area contributed by atoms with Crippen LogP contribution in [0, 0.1) is 0 Å². The van der Waals surface area contributed by atoms with Crippen LogP contribution < -0.4 is 25.6 Å². The van der Waals surface area contributed by atoms with Gasteiger partial charge in [0.25, 0.3) is 11.8 Å². The van der Waals surface area contributed by atoms with Crippen LogP contribution in [-0.4, -0.2) is 60.8 Å². The van der Waals surface area contributed by atoms with Gasteiger partial charge in [0.2, 0.25) is 0 Å². The highest BCUT2D eigenvalue weighted by Crippen LogP contribution is 2.36. The van der Waals surface area contributed by atoms with Gasteiger partial charge in [0.15, 0.2) is 5.54 Å². The number of hydrogen-bond acceptors (Lipinski definition) is 7. The quantitative estimate of drug-likeness (QED) is 0.280. The number of furan rings is 1. The molecule has 4 N–H and O–H groups in total. The molecule has 1 aromatic heterocycles. The molecule has 1 saturated heterocycles. The maximum absolute atomic E-state index is 13.2. The first-order valence-electron chi connectivity index (χ1n) is 11.6. The minimum absolute atomic E-state index is 0.123. The highest BCUT2D eigenvalue weighted by molar-refractivity contribution is 6.08. The summed E-state index contributed by atoms with van der Waals surface area (Å²) in [6, 6.07) is 10.4. The monoisotopic (exact) mass is 507 g/mol. The van der Waals surface area contributed by atoms with Crippen molar-refractivity contribution in [3.63, 3.8) is 0 Å². The molecule has 12 heteroatoms. The molecule has 0 saturated carbocycles. The molecule has 3 heterocycles. The molecule has 0 radical (unpaired) electrons. The molecule has 3 aromatic rings. The van der Waals surface area contributed by atoms with E-state index < -0.39 is 30.2 Å². The molecular formula is C25H25N5O7. The number of carbonyl (C=O) groups excluding carboxylic acids is 4. The summed E-state index contributed by atoms with van der Waals surface area (Å²) in [4.78, 5) is 53.5. The van der Waals surface area contributed by atoms with Gasteiger partial charge in [-0.2, -0.15) is 0 Å². The lowest BCUT2D eigenvalue weighted by atomic mass is 9.95. The first-order chi connectivity index (χ1) is 17.8. The predicted molar refractivity (Wildman–Crippen MR) is 131 cm³/mol. The lowest BCUT2D eigenvalue weighted by molar-refractivity contribution is -0.125. The molecule has 0 spiro atoms. The number of nitrogens with zero attached hydrogens (tertiary/aromatic N) is 2. The van der Waals surface area contributed by atoms with Crippen molar-refractivity contribution in [2.45, 2.75) is 19.0 Å². The van der Waals surface area contributed by atoms with Crippen molar-refractivity contribution in [1.29, 1.82) is 0 Å². The second-order valence-electron chi connectivity index (χ2n) is 8.74. The number of fused-ring (bicyclic) bond motifs is 2. The molecule has 0 unspecified atom stereocenters. The molecular weight excluding hydrogens is 482 g/mol. The first-order valence-corrected chi connectivity index (χ1v) is 11.6. The number of carbonyl (C=O) groups is 4. The molecule has 1 fully saturated rings. The zero-order valence-corrected chi connectivity index (χ0v) is 20.2. The Morgan fingerprint density at radius 3 is 2.70 bits per heavy atom. The number of urea groups is 2. The average Bonchev–Trinajstić information content (AvgIpc) is 3.53. The third-order valence-corrected chi connectivity index (χ3v) is 6.51. The van der Waals surface area contributed by atoms with Crippen molar-refractivity contribution < 1.29 is 33.4 Å². The molecule has 2 aliphatic heterocycles. The third-order valence-electron chi connectivity index (χ3n) is 6.51. The first kappa shape index (κ1) is 24.1. The number of rotatable bonds is 7. The van der Waals surface area contributed by atoms with E-state index in [4.69, 9.17) is 9.15 Å². The van der Waals surface area contributed by atoms with Crippen LogP contribution in [0.5, 0.6) is 5.75 Å². The minimum atomic E-state index is -1.67.